The molecule has 2 heterocycles. The number of sulfonamides is 1. The van der Waals surface area contributed by atoms with Gasteiger partial charge in [0.1, 0.15) is 0 Å². The zero-order chi connectivity index (χ0) is 19.2. The normalized spacial score (nSPS) is 18.9. The molecule has 0 saturated carbocycles. The Morgan fingerprint density at radius 1 is 1.31 bits per heavy atom. The second-order valence-corrected chi connectivity index (χ2v) is 9.47. The minimum atomic E-state index is -3.51. The van der Waals surface area contributed by atoms with Gasteiger partial charge in [-0.25, -0.2) is 8.42 Å². The smallest absolute Gasteiger partial charge is 0.242 e. The van der Waals surface area contributed by atoms with Gasteiger partial charge >= 0.3 is 0 Å². The third kappa shape index (κ3) is 7.60. The molecule has 1 aromatic rings. The molecule has 26 heavy (non-hydrogen) atoms. The van der Waals surface area contributed by atoms with Crippen molar-refractivity contribution < 1.29 is 18.3 Å². The first kappa shape index (κ1) is 21.1. The summed E-state index contributed by atoms with van der Waals surface area (Å²) in [5.41, 5.74) is 0. The number of ether oxygens (including phenoxy) is 1. The number of hydrogen-bond acceptors (Lipinski definition) is 9. The Hall–Kier alpha value is -1.17. The Kier molecular flexibility index (Phi) is 7.86. The first-order valence-corrected chi connectivity index (χ1v) is 11.5. The Labute approximate surface area is 158 Å². The molecule has 0 unspecified atom stereocenters. The lowest BCUT2D eigenvalue weighted by molar-refractivity contribution is 0.129. The Balaban J connectivity index is 2.15. The first-order chi connectivity index (χ1) is 12.2. The lowest BCUT2D eigenvalue weighted by Crippen LogP contribution is -2.27. The molecular formula is C15H27N5O4S2. The van der Waals surface area contributed by atoms with Gasteiger partial charge in [0, 0.05) is 12.4 Å². The van der Waals surface area contributed by atoms with Crippen LogP contribution in [0.3, 0.4) is 0 Å². The minimum Gasteiger partial charge on any atom is -0.394 e. The van der Waals surface area contributed by atoms with Gasteiger partial charge in [-0.05, 0) is 25.2 Å². The molecule has 1 fully saturated rings. The maximum Gasteiger partial charge on any atom is 0.242 e. The van der Waals surface area contributed by atoms with Crippen LogP contribution in [0.5, 0.6) is 0 Å². The zero-order valence-electron chi connectivity index (χ0n) is 15.3. The summed E-state index contributed by atoms with van der Waals surface area (Å²) in [5, 5.41) is 13.0. The van der Waals surface area contributed by atoms with Gasteiger partial charge in [-0.3, -0.25) is 4.72 Å². The van der Waals surface area contributed by atoms with Crippen LogP contribution in [0, 0.1) is 5.92 Å². The van der Waals surface area contributed by atoms with Crippen molar-refractivity contribution >= 4 is 33.7 Å². The van der Waals surface area contributed by atoms with Crippen LogP contribution in [0.4, 0.5) is 11.9 Å². The summed E-state index contributed by atoms with van der Waals surface area (Å²) in [6, 6.07) is -0.223. The molecule has 0 bridgehead atoms. The highest BCUT2D eigenvalue weighted by Crippen LogP contribution is 2.23. The first-order valence-electron chi connectivity index (χ1n) is 8.61. The topological polar surface area (TPSA) is 126 Å². The highest BCUT2D eigenvalue weighted by molar-refractivity contribution is 7.99. The van der Waals surface area contributed by atoms with E-state index in [0.717, 1.165) is 32.1 Å². The fourth-order valence-corrected chi connectivity index (χ4v) is 3.89. The lowest BCUT2D eigenvalue weighted by atomic mass is 10.0. The number of thioether (sulfide) groups is 1. The van der Waals surface area contributed by atoms with Gasteiger partial charge in [-0.15, -0.1) is 0 Å². The van der Waals surface area contributed by atoms with E-state index in [1.54, 1.807) is 0 Å². The van der Waals surface area contributed by atoms with Crippen LogP contribution >= 0.6 is 11.8 Å². The summed E-state index contributed by atoms with van der Waals surface area (Å²) in [5.74, 6) is 1.27. The summed E-state index contributed by atoms with van der Waals surface area (Å²) in [6.45, 7) is 4.80. The number of hydrogen-bond donors (Lipinski definition) is 3. The number of anilines is 2. The summed E-state index contributed by atoms with van der Waals surface area (Å²) < 4.78 is 30.9. The molecule has 9 nitrogen and oxygen atoms in total. The molecule has 11 heteroatoms. The van der Waals surface area contributed by atoms with Gasteiger partial charge in [0.15, 0.2) is 5.16 Å². The molecule has 1 aromatic heterocycles. The maximum absolute atomic E-state index is 11.5. The third-order valence-electron chi connectivity index (χ3n) is 3.62. The molecule has 0 aliphatic carbocycles. The Morgan fingerprint density at radius 2 is 2.04 bits per heavy atom. The van der Waals surface area contributed by atoms with Gasteiger partial charge in [-0.1, -0.05) is 25.6 Å². The van der Waals surface area contributed by atoms with Gasteiger partial charge in [0.2, 0.25) is 21.9 Å². The van der Waals surface area contributed by atoms with Gasteiger partial charge in [-0.2, -0.15) is 15.0 Å². The average molecular weight is 406 g/mol. The van der Waals surface area contributed by atoms with Crippen molar-refractivity contribution in [1.82, 2.24) is 15.0 Å². The van der Waals surface area contributed by atoms with Crippen molar-refractivity contribution in [2.24, 2.45) is 5.92 Å². The van der Waals surface area contributed by atoms with Gasteiger partial charge in [0.05, 0.1) is 25.0 Å². The van der Waals surface area contributed by atoms with Crippen molar-refractivity contribution in [3.05, 3.63) is 0 Å². The quantitative estimate of drug-likeness (QED) is 0.494. The molecular weight excluding hydrogens is 378 g/mol. The van der Waals surface area contributed by atoms with E-state index in [1.165, 1.54) is 11.8 Å². The van der Waals surface area contributed by atoms with E-state index in [9.17, 15) is 13.5 Å². The van der Waals surface area contributed by atoms with Gasteiger partial charge in [0.25, 0.3) is 0 Å². The van der Waals surface area contributed by atoms with Crippen molar-refractivity contribution in [1.29, 1.82) is 0 Å². The molecule has 1 aliphatic heterocycles. The Bertz CT molecular complexity index is 681. The van der Waals surface area contributed by atoms with Crippen LogP contribution in [0.15, 0.2) is 5.16 Å². The molecule has 0 aromatic carbocycles. The van der Waals surface area contributed by atoms with Gasteiger partial charge < -0.3 is 15.2 Å². The SMILES string of the molecule is CC(C)C[C@H](CO)Nc1nc(NS(C)(=O)=O)nc(SC[C@H]2CCCO2)n1. The van der Waals surface area contributed by atoms with Crippen LogP contribution in [-0.4, -0.2) is 65.8 Å². The highest BCUT2D eigenvalue weighted by Gasteiger charge is 2.19. The third-order valence-corrected chi connectivity index (χ3v) is 5.16. The monoisotopic (exact) mass is 405 g/mol. The highest BCUT2D eigenvalue weighted by atomic mass is 32.2. The summed E-state index contributed by atoms with van der Waals surface area (Å²) in [7, 11) is -3.51. The molecule has 1 aliphatic rings. The molecule has 0 radical (unpaired) electrons. The summed E-state index contributed by atoms with van der Waals surface area (Å²) >= 11 is 1.40. The predicted molar refractivity (Wildman–Crippen MR) is 102 cm³/mol. The van der Waals surface area contributed by atoms with Crippen LogP contribution in [0.2, 0.25) is 0 Å². The molecule has 2 rings (SSSR count). The van der Waals surface area contributed by atoms with Crippen LogP contribution < -0.4 is 10.0 Å². The number of aliphatic hydroxyl groups is 1. The lowest BCUT2D eigenvalue weighted by Gasteiger charge is -2.18. The second-order valence-electron chi connectivity index (χ2n) is 6.74. The number of nitrogens with one attached hydrogen (secondary N) is 2. The van der Waals surface area contributed by atoms with E-state index in [4.69, 9.17) is 4.74 Å². The number of aliphatic hydroxyl groups excluding tert-OH is 1. The number of rotatable bonds is 10. The van der Waals surface area contributed by atoms with E-state index < -0.39 is 10.0 Å². The largest absolute Gasteiger partial charge is 0.394 e. The van der Waals surface area contributed by atoms with Crippen molar-refractivity contribution in [2.75, 3.05) is 35.3 Å². The fourth-order valence-electron chi connectivity index (χ4n) is 2.57. The van der Waals surface area contributed by atoms with Crippen LogP contribution in [0.25, 0.3) is 0 Å². The van der Waals surface area contributed by atoms with E-state index in [-0.39, 0.29) is 30.6 Å². The van der Waals surface area contributed by atoms with Crippen molar-refractivity contribution in [2.45, 2.75) is 50.4 Å². The number of nitrogens with zero attached hydrogens (tertiary/aromatic N) is 3. The predicted octanol–water partition coefficient (Wildman–Crippen LogP) is 1.33. The van der Waals surface area contributed by atoms with E-state index >= 15 is 0 Å². The fraction of sp³-hybridized carbons (Fsp3) is 0.800. The minimum absolute atomic E-state index is 0.0407. The summed E-state index contributed by atoms with van der Waals surface area (Å²) in [6.07, 6.45) is 3.97. The molecule has 0 amide bonds. The molecule has 3 N–H and O–H groups in total. The molecule has 0 spiro atoms. The summed E-state index contributed by atoms with van der Waals surface area (Å²) in [4.78, 5) is 12.6. The second kappa shape index (κ2) is 9.67. The molecule has 2 atom stereocenters. The molecule has 1 saturated heterocycles. The maximum atomic E-state index is 11.5. The van der Waals surface area contributed by atoms with Crippen LogP contribution in [-0.2, 0) is 14.8 Å². The standard InChI is InChI=1S/C15H27N5O4S2/c1-10(2)7-11(8-21)16-13-17-14(20-26(3,22)23)19-15(18-13)25-9-12-5-4-6-24-12/h10-12,21H,4-9H2,1-3H3,(H2,16,17,18,19,20)/t11-,12-/m1/s1. The van der Waals surface area contributed by atoms with Crippen LogP contribution in [0.1, 0.15) is 33.1 Å². The molecule has 148 valence electrons. The van der Waals surface area contributed by atoms with E-state index in [2.05, 4.69) is 38.8 Å². The van der Waals surface area contributed by atoms with Crippen molar-refractivity contribution in [3.63, 3.8) is 0 Å². The average Bonchev–Trinajstić information content (AvgIpc) is 3.03. The van der Waals surface area contributed by atoms with E-state index in [1.807, 2.05) is 0 Å². The number of aromatic nitrogens is 3. The Morgan fingerprint density at radius 3 is 2.62 bits per heavy atom. The van der Waals surface area contributed by atoms with Crippen molar-refractivity contribution in [3.8, 4) is 0 Å². The van der Waals surface area contributed by atoms with E-state index in [0.29, 0.717) is 16.8 Å². The zero-order valence-corrected chi connectivity index (χ0v) is 16.9.